The van der Waals surface area contributed by atoms with Gasteiger partial charge in [-0.3, -0.25) is 9.59 Å². The maximum absolute atomic E-state index is 12.2. The molecule has 0 spiro atoms. The summed E-state index contributed by atoms with van der Waals surface area (Å²) >= 11 is 5.96. The van der Waals surface area contributed by atoms with Crippen LogP contribution in [0.25, 0.3) is 0 Å². The van der Waals surface area contributed by atoms with Crippen LogP contribution >= 0.6 is 11.6 Å². The first-order chi connectivity index (χ1) is 12.4. The Morgan fingerprint density at radius 3 is 2.62 bits per heavy atom. The molecule has 0 bridgehead atoms. The van der Waals surface area contributed by atoms with Crippen molar-refractivity contribution in [3.63, 3.8) is 0 Å². The highest BCUT2D eigenvalue weighted by Gasteiger charge is 2.14. The number of halogens is 1. The molecule has 2 rings (SSSR count). The zero-order chi connectivity index (χ0) is 19.1. The van der Waals surface area contributed by atoms with Crippen molar-refractivity contribution in [2.45, 2.75) is 20.3 Å². The topological polar surface area (TPSA) is 58.6 Å². The van der Waals surface area contributed by atoms with E-state index >= 15 is 0 Å². The van der Waals surface area contributed by atoms with Gasteiger partial charge in [0.15, 0.2) is 6.61 Å². The second-order valence-electron chi connectivity index (χ2n) is 6.01. The summed E-state index contributed by atoms with van der Waals surface area (Å²) in [5.41, 5.74) is 2.70. The molecule has 0 aromatic heterocycles. The molecule has 5 nitrogen and oxygen atoms in total. The number of carbonyl (C=O) groups excluding carboxylic acids is 2. The average Bonchev–Trinajstić information content (AvgIpc) is 2.62. The first-order valence-corrected chi connectivity index (χ1v) is 8.79. The Morgan fingerprint density at radius 1 is 1.19 bits per heavy atom. The molecule has 0 aliphatic carbocycles. The lowest BCUT2D eigenvalue weighted by Crippen LogP contribution is -2.37. The molecular weight excluding hydrogens is 352 g/mol. The summed E-state index contributed by atoms with van der Waals surface area (Å²) in [6.45, 7) is 3.70. The van der Waals surface area contributed by atoms with Gasteiger partial charge in [-0.25, -0.2) is 0 Å². The highest BCUT2D eigenvalue weighted by Crippen LogP contribution is 2.21. The van der Waals surface area contributed by atoms with Crippen molar-refractivity contribution < 1.29 is 14.3 Å². The molecule has 0 saturated carbocycles. The monoisotopic (exact) mass is 374 g/mol. The molecule has 2 amide bonds. The maximum Gasteiger partial charge on any atom is 0.260 e. The number of nitrogens with one attached hydrogen (secondary N) is 1. The van der Waals surface area contributed by atoms with Gasteiger partial charge in [-0.2, -0.15) is 0 Å². The molecular formula is C20H23ClN2O3. The quantitative estimate of drug-likeness (QED) is 0.804. The number of rotatable bonds is 7. The van der Waals surface area contributed by atoms with Gasteiger partial charge in [0.2, 0.25) is 5.91 Å². The predicted octanol–water partition coefficient (Wildman–Crippen LogP) is 3.69. The molecule has 26 heavy (non-hydrogen) atoms. The molecule has 2 aromatic carbocycles. The van der Waals surface area contributed by atoms with E-state index in [4.69, 9.17) is 16.3 Å². The van der Waals surface area contributed by atoms with E-state index in [1.165, 1.54) is 4.90 Å². The number of aryl methyl sites for hydroxylation is 2. The highest BCUT2D eigenvalue weighted by atomic mass is 35.5. The van der Waals surface area contributed by atoms with Crippen molar-refractivity contribution in [2.24, 2.45) is 0 Å². The Hall–Kier alpha value is -2.53. The number of benzene rings is 2. The summed E-state index contributed by atoms with van der Waals surface area (Å²) in [6, 6.07) is 12.8. The van der Waals surface area contributed by atoms with Crippen LogP contribution < -0.4 is 10.1 Å². The molecule has 1 N–H and O–H groups in total. The number of para-hydroxylation sites is 1. The largest absolute Gasteiger partial charge is 0.484 e. The second kappa shape index (κ2) is 9.25. The summed E-state index contributed by atoms with van der Waals surface area (Å²) in [7, 11) is 1.57. The zero-order valence-corrected chi connectivity index (χ0v) is 16.0. The number of carbonyl (C=O) groups is 2. The van der Waals surface area contributed by atoms with Gasteiger partial charge in [0.25, 0.3) is 5.91 Å². The van der Waals surface area contributed by atoms with E-state index in [0.717, 1.165) is 23.2 Å². The Bertz CT molecular complexity index is 792. The van der Waals surface area contributed by atoms with Crippen molar-refractivity contribution in [1.29, 1.82) is 0 Å². The van der Waals surface area contributed by atoms with Crippen LogP contribution in [-0.2, 0) is 16.0 Å². The van der Waals surface area contributed by atoms with Crippen LogP contribution in [0.1, 0.15) is 18.1 Å². The van der Waals surface area contributed by atoms with Crippen LogP contribution in [0.4, 0.5) is 5.69 Å². The predicted molar refractivity (Wildman–Crippen MR) is 104 cm³/mol. The molecule has 0 unspecified atom stereocenters. The fourth-order valence-corrected chi connectivity index (χ4v) is 2.52. The molecule has 0 aliphatic heterocycles. The lowest BCUT2D eigenvalue weighted by Gasteiger charge is -2.18. The van der Waals surface area contributed by atoms with Gasteiger partial charge >= 0.3 is 0 Å². The van der Waals surface area contributed by atoms with Crippen LogP contribution in [0.5, 0.6) is 5.75 Å². The minimum atomic E-state index is -0.281. The van der Waals surface area contributed by atoms with Gasteiger partial charge in [0, 0.05) is 17.8 Å². The van der Waals surface area contributed by atoms with Gasteiger partial charge in [-0.05, 0) is 48.7 Å². The van der Waals surface area contributed by atoms with E-state index in [2.05, 4.69) is 5.32 Å². The number of amides is 2. The van der Waals surface area contributed by atoms with E-state index in [1.807, 2.05) is 38.1 Å². The first kappa shape index (κ1) is 19.8. The Morgan fingerprint density at radius 2 is 1.92 bits per heavy atom. The fourth-order valence-electron chi connectivity index (χ4n) is 2.41. The summed E-state index contributed by atoms with van der Waals surface area (Å²) in [4.78, 5) is 25.7. The van der Waals surface area contributed by atoms with Crippen molar-refractivity contribution in [3.05, 3.63) is 58.6 Å². The Kier molecular flexibility index (Phi) is 7.04. The Labute approximate surface area is 158 Å². The molecule has 0 fully saturated rings. The second-order valence-corrected chi connectivity index (χ2v) is 6.42. The van der Waals surface area contributed by atoms with Crippen molar-refractivity contribution in [1.82, 2.24) is 4.90 Å². The normalized spacial score (nSPS) is 10.3. The fraction of sp³-hybridized carbons (Fsp3) is 0.300. The minimum Gasteiger partial charge on any atom is -0.484 e. The van der Waals surface area contributed by atoms with E-state index < -0.39 is 0 Å². The van der Waals surface area contributed by atoms with Crippen LogP contribution in [0.2, 0.25) is 5.02 Å². The molecule has 138 valence electrons. The lowest BCUT2D eigenvalue weighted by atomic mass is 10.1. The van der Waals surface area contributed by atoms with Crippen LogP contribution in [0.3, 0.4) is 0 Å². The number of ether oxygens (including phenoxy) is 1. The number of hydrogen-bond acceptors (Lipinski definition) is 3. The summed E-state index contributed by atoms with van der Waals surface area (Å²) < 4.78 is 5.48. The summed E-state index contributed by atoms with van der Waals surface area (Å²) in [5, 5.41) is 3.49. The van der Waals surface area contributed by atoms with E-state index in [9.17, 15) is 9.59 Å². The smallest absolute Gasteiger partial charge is 0.260 e. The van der Waals surface area contributed by atoms with Gasteiger partial charge in [-0.1, -0.05) is 36.7 Å². The first-order valence-electron chi connectivity index (χ1n) is 8.41. The van der Waals surface area contributed by atoms with Gasteiger partial charge in [-0.15, -0.1) is 0 Å². The molecule has 0 saturated heterocycles. The maximum atomic E-state index is 12.2. The van der Waals surface area contributed by atoms with Crippen LogP contribution in [0.15, 0.2) is 42.5 Å². The molecule has 6 heteroatoms. The molecule has 0 heterocycles. The molecule has 0 aliphatic rings. The number of nitrogens with zero attached hydrogens (tertiary/aromatic N) is 1. The third kappa shape index (κ3) is 5.49. The van der Waals surface area contributed by atoms with Crippen LogP contribution in [-0.4, -0.2) is 36.9 Å². The van der Waals surface area contributed by atoms with Crippen molar-refractivity contribution >= 4 is 29.1 Å². The molecule has 2 aromatic rings. The SMILES string of the molecule is CCc1ccccc1NC(=O)CN(C)C(=O)COc1ccc(Cl)c(C)c1. The summed E-state index contributed by atoms with van der Waals surface area (Å²) in [6.07, 6.45) is 0.819. The zero-order valence-electron chi connectivity index (χ0n) is 15.2. The van der Waals surface area contributed by atoms with Gasteiger partial charge < -0.3 is 15.0 Å². The third-order valence-corrected chi connectivity index (χ3v) is 4.39. The van der Waals surface area contributed by atoms with Gasteiger partial charge in [0.1, 0.15) is 5.75 Å². The standard InChI is InChI=1S/C20H23ClN2O3/c1-4-15-7-5-6-8-18(15)22-19(24)12-23(3)20(25)13-26-16-9-10-17(21)14(2)11-16/h5-11H,4,12-13H2,1-3H3,(H,22,24). The minimum absolute atomic E-state index is 0.0418. The van der Waals surface area contributed by atoms with Crippen molar-refractivity contribution in [2.75, 3.05) is 25.5 Å². The number of anilines is 1. The van der Waals surface area contributed by atoms with E-state index in [-0.39, 0.29) is 25.0 Å². The van der Waals surface area contributed by atoms with E-state index in [1.54, 1.807) is 25.2 Å². The molecule has 0 radical (unpaired) electrons. The van der Waals surface area contributed by atoms with Crippen LogP contribution in [0, 0.1) is 6.92 Å². The van der Waals surface area contributed by atoms with Crippen molar-refractivity contribution in [3.8, 4) is 5.75 Å². The Balaban J connectivity index is 1.85. The average molecular weight is 375 g/mol. The van der Waals surface area contributed by atoms with Gasteiger partial charge in [0.05, 0.1) is 6.54 Å². The number of hydrogen-bond donors (Lipinski definition) is 1. The lowest BCUT2D eigenvalue weighted by molar-refractivity contribution is -0.135. The molecule has 0 atom stereocenters. The van der Waals surface area contributed by atoms with E-state index in [0.29, 0.717) is 10.8 Å². The highest BCUT2D eigenvalue weighted by molar-refractivity contribution is 6.31. The summed E-state index contributed by atoms with van der Waals surface area (Å²) in [5.74, 6) is 0.0376. The third-order valence-electron chi connectivity index (χ3n) is 3.97. The number of likely N-dealkylation sites (N-methyl/N-ethyl adjacent to an activating group) is 1.